The van der Waals surface area contributed by atoms with Crippen molar-refractivity contribution in [2.45, 2.75) is 58.0 Å². The van der Waals surface area contributed by atoms with Gasteiger partial charge < -0.3 is 14.8 Å². The molecular formula is C27H34N6O2. The molecule has 4 aromatic rings. The van der Waals surface area contributed by atoms with Crippen LogP contribution in [0.5, 0.6) is 5.75 Å². The van der Waals surface area contributed by atoms with Gasteiger partial charge in [-0.25, -0.2) is 9.50 Å². The molecule has 0 atom stereocenters. The van der Waals surface area contributed by atoms with Crippen LogP contribution in [0.3, 0.4) is 0 Å². The van der Waals surface area contributed by atoms with Crippen LogP contribution in [-0.4, -0.2) is 51.2 Å². The lowest BCUT2D eigenvalue weighted by Crippen LogP contribution is -2.46. The van der Waals surface area contributed by atoms with Crippen LogP contribution < -0.4 is 10.1 Å². The SMILES string of the molecule is COc1cc(-c2[nH]nc(-c3ccc(C(C)(C)NC4CCOCC4)cc3)c2C(C)C)cn2ncnc12. The molecule has 0 saturated carbocycles. The van der Waals surface area contributed by atoms with Crippen molar-refractivity contribution in [3.63, 3.8) is 0 Å². The van der Waals surface area contributed by atoms with Crippen molar-refractivity contribution in [3.8, 4) is 28.3 Å². The number of hydrogen-bond donors (Lipinski definition) is 2. The van der Waals surface area contributed by atoms with Crippen molar-refractivity contribution in [1.29, 1.82) is 0 Å². The first-order chi connectivity index (χ1) is 16.9. The van der Waals surface area contributed by atoms with E-state index in [1.165, 1.54) is 17.5 Å². The van der Waals surface area contributed by atoms with Gasteiger partial charge in [0.05, 0.1) is 18.5 Å². The highest BCUT2D eigenvalue weighted by molar-refractivity contribution is 5.76. The smallest absolute Gasteiger partial charge is 0.197 e. The maximum Gasteiger partial charge on any atom is 0.197 e. The van der Waals surface area contributed by atoms with E-state index in [1.807, 2.05) is 12.3 Å². The predicted octanol–water partition coefficient (Wildman–Crippen LogP) is 4.92. The molecular weight excluding hydrogens is 440 g/mol. The third-order valence-corrected chi connectivity index (χ3v) is 6.90. The summed E-state index contributed by atoms with van der Waals surface area (Å²) in [5.74, 6) is 0.942. The molecule has 0 amide bonds. The van der Waals surface area contributed by atoms with E-state index < -0.39 is 0 Å². The molecule has 35 heavy (non-hydrogen) atoms. The number of methoxy groups -OCH3 is 1. The number of nitrogens with zero attached hydrogens (tertiary/aromatic N) is 4. The summed E-state index contributed by atoms with van der Waals surface area (Å²) in [6.45, 7) is 10.6. The van der Waals surface area contributed by atoms with E-state index in [1.54, 1.807) is 11.6 Å². The molecule has 3 aromatic heterocycles. The number of nitrogens with one attached hydrogen (secondary N) is 2. The van der Waals surface area contributed by atoms with E-state index in [0.717, 1.165) is 48.6 Å². The van der Waals surface area contributed by atoms with Crippen LogP contribution in [0.2, 0.25) is 0 Å². The van der Waals surface area contributed by atoms with E-state index in [0.29, 0.717) is 17.4 Å². The summed E-state index contributed by atoms with van der Waals surface area (Å²) in [4.78, 5) is 4.29. The van der Waals surface area contributed by atoms with Gasteiger partial charge in [-0.3, -0.25) is 5.10 Å². The Morgan fingerprint density at radius 2 is 1.89 bits per heavy atom. The maximum absolute atomic E-state index is 5.57. The first-order valence-corrected chi connectivity index (χ1v) is 12.3. The molecule has 8 heteroatoms. The normalized spacial score (nSPS) is 15.3. The van der Waals surface area contributed by atoms with Crippen molar-refractivity contribution in [3.05, 3.63) is 54.0 Å². The van der Waals surface area contributed by atoms with Gasteiger partial charge in [0.1, 0.15) is 6.33 Å². The Hall–Kier alpha value is -3.23. The molecule has 0 radical (unpaired) electrons. The van der Waals surface area contributed by atoms with Crippen LogP contribution in [0, 0.1) is 0 Å². The summed E-state index contributed by atoms with van der Waals surface area (Å²) in [5.41, 5.74) is 6.98. The van der Waals surface area contributed by atoms with Gasteiger partial charge in [0.2, 0.25) is 0 Å². The highest BCUT2D eigenvalue weighted by Gasteiger charge is 2.26. The van der Waals surface area contributed by atoms with E-state index in [9.17, 15) is 0 Å². The van der Waals surface area contributed by atoms with Gasteiger partial charge in [-0.15, -0.1) is 0 Å². The number of fused-ring (bicyclic) bond motifs is 1. The number of rotatable bonds is 7. The van der Waals surface area contributed by atoms with Crippen molar-refractivity contribution in [2.24, 2.45) is 0 Å². The number of pyridine rings is 1. The quantitative estimate of drug-likeness (QED) is 0.395. The molecule has 0 spiro atoms. The van der Waals surface area contributed by atoms with Crippen LogP contribution in [0.25, 0.3) is 28.2 Å². The fourth-order valence-corrected chi connectivity index (χ4v) is 5.02. The lowest BCUT2D eigenvalue weighted by molar-refractivity contribution is 0.0700. The molecule has 0 bridgehead atoms. The zero-order chi connectivity index (χ0) is 24.6. The summed E-state index contributed by atoms with van der Waals surface area (Å²) < 4.78 is 12.8. The van der Waals surface area contributed by atoms with Gasteiger partial charge >= 0.3 is 0 Å². The van der Waals surface area contributed by atoms with E-state index in [2.05, 4.69) is 72.5 Å². The Morgan fingerprint density at radius 1 is 1.14 bits per heavy atom. The first kappa shape index (κ1) is 23.5. The number of hydrogen-bond acceptors (Lipinski definition) is 6. The molecule has 2 N–H and O–H groups in total. The summed E-state index contributed by atoms with van der Waals surface area (Å²) in [7, 11) is 1.65. The van der Waals surface area contributed by atoms with Crippen molar-refractivity contribution < 1.29 is 9.47 Å². The summed E-state index contributed by atoms with van der Waals surface area (Å²) in [5, 5.41) is 16.2. The Kier molecular flexibility index (Phi) is 6.34. The molecule has 1 fully saturated rings. The fraction of sp³-hybridized carbons (Fsp3) is 0.444. The second kappa shape index (κ2) is 9.43. The Labute approximate surface area is 206 Å². The van der Waals surface area contributed by atoms with Gasteiger partial charge in [0.15, 0.2) is 11.4 Å². The molecule has 184 valence electrons. The van der Waals surface area contributed by atoms with Gasteiger partial charge in [-0.2, -0.15) is 10.2 Å². The van der Waals surface area contributed by atoms with E-state index in [4.69, 9.17) is 14.6 Å². The summed E-state index contributed by atoms with van der Waals surface area (Å²) >= 11 is 0. The molecule has 8 nitrogen and oxygen atoms in total. The maximum atomic E-state index is 5.57. The lowest BCUT2D eigenvalue weighted by atomic mass is 9.89. The van der Waals surface area contributed by atoms with Crippen LogP contribution >= 0.6 is 0 Å². The molecule has 1 aromatic carbocycles. The number of H-pyrrole nitrogens is 1. The largest absolute Gasteiger partial charge is 0.493 e. The number of aromatic amines is 1. The molecule has 1 aliphatic heterocycles. The minimum Gasteiger partial charge on any atom is -0.493 e. The average Bonchev–Trinajstić information content (AvgIpc) is 3.51. The van der Waals surface area contributed by atoms with Gasteiger partial charge in [-0.05, 0) is 44.2 Å². The minimum atomic E-state index is -0.123. The average molecular weight is 475 g/mol. The van der Waals surface area contributed by atoms with Gasteiger partial charge in [0, 0.05) is 47.7 Å². The first-order valence-electron chi connectivity index (χ1n) is 12.3. The zero-order valence-electron chi connectivity index (χ0n) is 21.1. The molecule has 0 aliphatic carbocycles. The Morgan fingerprint density at radius 3 is 2.57 bits per heavy atom. The molecule has 1 saturated heterocycles. The van der Waals surface area contributed by atoms with Gasteiger partial charge in [0.25, 0.3) is 0 Å². The second-order valence-electron chi connectivity index (χ2n) is 10.1. The standard InChI is InChI=1S/C27H34N6O2/c1-17(2)23-24(31-32-25(23)19-14-22(34-5)26-28-16-29-33(26)15-19)18-6-8-20(9-7-18)27(3,4)30-21-10-12-35-13-11-21/h6-9,14-17,21,30H,10-13H2,1-5H3,(H,31,32). The van der Waals surface area contributed by atoms with E-state index in [-0.39, 0.29) is 11.5 Å². The van der Waals surface area contributed by atoms with Crippen molar-refractivity contribution >= 4 is 5.65 Å². The molecule has 1 aliphatic rings. The van der Waals surface area contributed by atoms with Crippen LogP contribution in [0.15, 0.2) is 42.9 Å². The van der Waals surface area contributed by atoms with Crippen LogP contribution in [0.4, 0.5) is 0 Å². The van der Waals surface area contributed by atoms with Crippen molar-refractivity contribution in [1.82, 2.24) is 30.1 Å². The summed E-state index contributed by atoms with van der Waals surface area (Å²) in [6.07, 6.45) is 5.60. The monoisotopic (exact) mass is 474 g/mol. The number of ether oxygens (including phenoxy) is 2. The van der Waals surface area contributed by atoms with Crippen LogP contribution in [-0.2, 0) is 10.3 Å². The van der Waals surface area contributed by atoms with Gasteiger partial charge in [-0.1, -0.05) is 38.1 Å². The van der Waals surface area contributed by atoms with E-state index >= 15 is 0 Å². The predicted molar refractivity (Wildman–Crippen MR) is 137 cm³/mol. The second-order valence-corrected chi connectivity index (χ2v) is 10.1. The van der Waals surface area contributed by atoms with Crippen molar-refractivity contribution in [2.75, 3.05) is 20.3 Å². The number of aromatic nitrogens is 5. The third-order valence-electron chi connectivity index (χ3n) is 6.90. The molecule has 4 heterocycles. The number of benzene rings is 1. The Bertz CT molecular complexity index is 1300. The third kappa shape index (κ3) is 4.56. The molecule has 0 unspecified atom stereocenters. The zero-order valence-corrected chi connectivity index (χ0v) is 21.1. The van der Waals surface area contributed by atoms with Crippen LogP contribution in [0.1, 0.15) is 57.6 Å². The lowest BCUT2D eigenvalue weighted by Gasteiger charge is -2.34. The highest BCUT2D eigenvalue weighted by Crippen LogP contribution is 2.37. The summed E-state index contributed by atoms with van der Waals surface area (Å²) in [6, 6.07) is 11.3. The highest BCUT2D eigenvalue weighted by atomic mass is 16.5. The topological polar surface area (TPSA) is 89.4 Å². The minimum absolute atomic E-state index is 0.123. The Balaban J connectivity index is 1.47. The fourth-order valence-electron chi connectivity index (χ4n) is 5.02. The molecule has 5 rings (SSSR count).